The zero-order chi connectivity index (χ0) is 17.0. The van der Waals surface area contributed by atoms with Crippen molar-refractivity contribution in [2.24, 2.45) is 0 Å². The van der Waals surface area contributed by atoms with E-state index in [1.807, 2.05) is 0 Å². The normalized spacial score (nSPS) is 12.7. The van der Waals surface area contributed by atoms with Crippen molar-refractivity contribution in [3.8, 4) is 0 Å². The van der Waals surface area contributed by atoms with Gasteiger partial charge in [0.15, 0.2) is 5.16 Å². The highest BCUT2D eigenvalue weighted by molar-refractivity contribution is 8.00. The van der Waals surface area contributed by atoms with E-state index in [9.17, 15) is 22.4 Å². The van der Waals surface area contributed by atoms with E-state index in [-0.39, 0.29) is 10.8 Å². The summed E-state index contributed by atoms with van der Waals surface area (Å²) in [5, 5.41) is 1.37. The molecule has 1 amide bonds. The van der Waals surface area contributed by atoms with Crippen LogP contribution in [0.2, 0.25) is 0 Å². The van der Waals surface area contributed by atoms with Crippen LogP contribution in [0.5, 0.6) is 0 Å². The lowest BCUT2D eigenvalue weighted by Gasteiger charge is -2.12. The van der Waals surface area contributed by atoms with Crippen molar-refractivity contribution in [2.45, 2.75) is 23.5 Å². The number of hydrogen-bond acceptors (Lipinski definition) is 4. The molecule has 0 radical (unpaired) electrons. The van der Waals surface area contributed by atoms with Crippen molar-refractivity contribution in [1.82, 2.24) is 9.97 Å². The van der Waals surface area contributed by atoms with Crippen LogP contribution in [0.4, 0.5) is 23.2 Å². The maximum atomic E-state index is 13.5. The third kappa shape index (κ3) is 4.65. The predicted molar refractivity (Wildman–Crippen MR) is 77.4 cm³/mol. The van der Waals surface area contributed by atoms with Crippen LogP contribution in [-0.4, -0.2) is 21.1 Å². The van der Waals surface area contributed by atoms with Gasteiger partial charge in [0.25, 0.3) is 0 Å². The van der Waals surface area contributed by atoms with Crippen molar-refractivity contribution in [3.63, 3.8) is 0 Å². The number of hydrogen-bond donors (Lipinski definition) is 1. The van der Waals surface area contributed by atoms with Gasteiger partial charge in [-0.3, -0.25) is 4.79 Å². The molecule has 0 aliphatic heterocycles. The van der Waals surface area contributed by atoms with Crippen LogP contribution < -0.4 is 5.32 Å². The summed E-state index contributed by atoms with van der Waals surface area (Å²) >= 11 is 0.750. The Morgan fingerprint density at radius 3 is 2.61 bits per heavy atom. The largest absolute Gasteiger partial charge is 0.433 e. The second kappa shape index (κ2) is 6.95. The van der Waals surface area contributed by atoms with Crippen LogP contribution in [0.25, 0.3) is 0 Å². The molecule has 2 rings (SSSR count). The molecule has 0 spiro atoms. The number of anilines is 1. The number of alkyl halides is 3. The maximum absolute atomic E-state index is 13.5. The van der Waals surface area contributed by atoms with E-state index < -0.39 is 28.8 Å². The second-order valence-corrected chi connectivity index (χ2v) is 5.76. The van der Waals surface area contributed by atoms with E-state index in [0.717, 1.165) is 24.0 Å². The molecule has 0 fully saturated rings. The SMILES string of the molecule is C[C@@H](Sc1nccc(C(F)(F)F)n1)C(=O)Nc1ccccc1F. The summed E-state index contributed by atoms with van der Waals surface area (Å²) in [6.07, 6.45) is -3.61. The van der Waals surface area contributed by atoms with Gasteiger partial charge in [0.1, 0.15) is 11.5 Å². The average Bonchev–Trinajstić information content (AvgIpc) is 2.49. The molecule has 0 aliphatic rings. The lowest BCUT2D eigenvalue weighted by molar-refractivity contribution is -0.141. The first-order chi connectivity index (χ1) is 10.8. The number of nitrogens with one attached hydrogen (secondary N) is 1. The average molecular weight is 345 g/mol. The van der Waals surface area contributed by atoms with Crippen molar-refractivity contribution < 1.29 is 22.4 Å². The minimum atomic E-state index is -4.59. The van der Waals surface area contributed by atoms with E-state index in [4.69, 9.17) is 0 Å². The van der Waals surface area contributed by atoms with Gasteiger partial charge < -0.3 is 5.32 Å². The summed E-state index contributed by atoms with van der Waals surface area (Å²) in [4.78, 5) is 19.0. The molecule has 9 heteroatoms. The van der Waals surface area contributed by atoms with Gasteiger partial charge in [-0.05, 0) is 25.1 Å². The van der Waals surface area contributed by atoms with Crippen LogP contribution in [-0.2, 0) is 11.0 Å². The third-order valence-corrected chi connectivity index (χ3v) is 3.68. The Hall–Kier alpha value is -2.16. The van der Waals surface area contributed by atoms with E-state index >= 15 is 0 Å². The lowest BCUT2D eigenvalue weighted by atomic mass is 10.3. The first-order valence-corrected chi connectivity index (χ1v) is 7.27. The molecule has 0 bridgehead atoms. The molecule has 122 valence electrons. The topological polar surface area (TPSA) is 54.9 Å². The summed E-state index contributed by atoms with van der Waals surface area (Å²) < 4.78 is 51.2. The zero-order valence-corrected chi connectivity index (χ0v) is 12.6. The van der Waals surface area contributed by atoms with Crippen molar-refractivity contribution in [1.29, 1.82) is 0 Å². The fourth-order valence-electron chi connectivity index (χ4n) is 1.56. The molecule has 0 saturated heterocycles. The predicted octanol–water partition coefficient (Wildman–Crippen LogP) is 3.75. The highest BCUT2D eigenvalue weighted by atomic mass is 32.2. The number of thioether (sulfide) groups is 1. The van der Waals surface area contributed by atoms with Crippen molar-refractivity contribution >= 4 is 23.4 Å². The maximum Gasteiger partial charge on any atom is 0.433 e. The number of benzene rings is 1. The minimum Gasteiger partial charge on any atom is -0.323 e. The molecule has 1 atom stereocenters. The van der Waals surface area contributed by atoms with Gasteiger partial charge in [-0.25, -0.2) is 14.4 Å². The highest BCUT2D eigenvalue weighted by Gasteiger charge is 2.33. The number of aromatic nitrogens is 2. The molecule has 23 heavy (non-hydrogen) atoms. The highest BCUT2D eigenvalue weighted by Crippen LogP contribution is 2.29. The Morgan fingerprint density at radius 1 is 1.26 bits per heavy atom. The summed E-state index contributed by atoms with van der Waals surface area (Å²) in [5.74, 6) is -1.17. The lowest BCUT2D eigenvalue weighted by Crippen LogP contribution is -2.23. The molecule has 2 aromatic rings. The number of carbonyl (C=O) groups excluding carboxylic acids is 1. The summed E-state index contributed by atoms with van der Waals surface area (Å²) in [7, 11) is 0. The van der Waals surface area contributed by atoms with E-state index in [0.29, 0.717) is 0 Å². The van der Waals surface area contributed by atoms with E-state index in [1.165, 1.54) is 25.1 Å². The van der Waals surface area contributed by atoms with Crippen LogP contribution in [0.3, 0.4) is 0 Å². The van der Waals surface area contributed by atoms with Gasteiger partial charge in [0, 0.05) is 6.20 Å². The number of rotatable bonds is 4. The summed E-state index contributed by atoms with van der Waals surface area (Å²) in [5.41, 5.74) is -1.09. The summed E-state index contributed by atoms with van der Waals surface area (Å²) in [6, 6.07) is 6.33. The molecule has 1 aromatic heterocycles. The third-order valence-electron chi connectivity index (χ3n) is 2.71. The van der Waals surface area contributed by atoms with Crippen LogP contribution >= 0.6 is 11.8 Å². The quantitative estimate of drug-likeness (QED) is 0.521. The fourth-order valence-corrected chi connectivity index (χ4v) is 2.32. The first-order valence-electron chi connectivity index (χ1n) is 6.39. The van der Waals surface area contributed by atoms with Gasteiger partial charge in [0.05, 0.1) is 10.9 Å². The first kappa shape index (κ1) is 17.2. The number of halogens is 4. The summed E-state index contributed by atoms with van der Waals surface area (Å²) in [6.45, 7) is 1.46. The van der Waals surface area contributed by atoms with Gasteiger partial charge >= 0.3 is 6.18 Å². The smallest absolute Gasteiger partial charge is 0.323 e. The number of amides is 1. The molecule has 1 N–H and O–H groups in total. The molecule has 1 heterocycles. The van der Waals surface area contributed by atoms with Gasteiger partial charge in [-0.15, -0.1) is 0 Å². The molecule has 1 aromatic carbocycles. The van der Waals surface area contributed by atoms with E-state index in [1.54, 1.807) is 6.07 Å². The second-order valence-electron chi connectivity index (χ2n) is 4.45. The van der Waals surface area contributed by atoms with Crippen LogP contribution in [0.1, 0.15) is 12.6 Å². The molecular weight excluding hydrogens is 334 g/mol. The minimum absolute atomic E-state index is 0.00471. The Kier molecular flexibility index (Phi) is 5.19. The zero-order valence-electron chi connectivity index (χ0n) is 11.8. The standard InChI is InChI=1S/C14H11F4N3OS/c1-8(12(22)20-10-5-3-2-4-9(10)15)23-13-19-7-6-11(21-13)14(16,17)18/h2-8H,1H3,(H,20,22)/t8-/m1/s1. The molecule has 0 aliphatic carbocycles. The van der Waals surface area contributed by atoms with Crippen LogP contribution in [0, 0.1) is 5.82 Å². The fraction of sp³-hybridized carbons (Fsp3) is 0.214. The van der Waals surface area contributed by atoms with Crippen molar-refractivity contribution in [2.75, 3.05) is 5.32 Å². The van der Waals surface area contributed by atoms with Crippen molar-refractivity contribution in [3.05, 3.63) is 48.0 Å². The van der Waals surface area contributed by atoms with Gasteiger partial charge in [-0.2, -0.15) is 13.2 Å². The molecule has 0 unspecified atom stereocenters. The van der Waals surface area contributed by atoms with Gasteiger partial charge in [0.2, 0.25) is 5.91 Å². The molecule has 0 saturated carbocycles. The number of carbonyl (C=O) groups is 1. The molecular formula is C14H11F4N3OS. The Labute approximate surface area is 133 Å². The Bertz CT molecular complexity index is 708. The van der Waals surface area contributed by atoms with Crippen LogP contribution in [0.15, 0.2) is 41.7 Å². The van der Waals surface area contributed by atoms with E-state index in [2.05, 4.69) is 15.3 Å². The number of para-hydroxylation sites is 1. The molecule has 4 nitrogen and oxygen atoms in total. The number of nitrogens with zero attached hydrogens (tertiary/aromatic N) is 2. The van der Waals surface area contributed by atoms with Gasteiger partial charge in [-0.1, -0.05) is 23.9 Å². The Balaban J connectivity index is 2.05. The monoisotopic (exact) mass is 345 g/mol. The Morgan fingerprint density at radius 2 is 1.96 bits per heavy atom.